The Morgan fingerprint density at radius 3 is 2.67 bits per heavy atom. The van der Waals surface area contributed by atoms with Crippen molar-refractivity contribution in [1.29, 1.82) is 0 Å². The van der Waals surface area contributed by atoms with E-state index in [-0.39, 0.29) is 5.97 Å². The first-order valence-corrected chi connectivity index (χ1v) is 5.74. The second-order valence-electron chi connectivity index (χ2n) is 3.87. The zero-order valence-corrected chi connectivity index (χ0v) is 10.2. The second-order valence-corrected chi connectivity index (χ2v) is 3.87. The molecule has 0 radical (unpaired) electrons. The average molecular weight is 242 g/mol. The number of aryl methyl sites for hydroxylation is 2. The maximum absolute atomic E-state index is 11.6. The summed E-state index contributed by atoms with van der Waals surface area (Å²) in [4.78, 5) is 11.6. The number of methoxy groups -OCH3 is 1. The van der Waals surface area contributed by atoms with Crippen LogP contribution in [0.3, 0.4) is 0 Å². The van der Waals surface area contributed by atoms with Gasteiger partial charge in [-0.25, -0.2) is 4.79 Å². The summed E-state index contributed by atoms with van der Waals surface area (Å²) in [5, 5.41) is 7.83. The van der Waals surface area contributed by atoms with Crippen LogP contribution in [0.5, 0.6) is 0 Å². The summed E-state index contributed by atoms with van der Waals surface area (Å²) < 4.78 is 4.72. The molecule has 0 amide bonds. The fraction of sp³-hybridized carbons (Fsp3) is 0.214. The first kappa shape index (κ1) is 12.2. The molecule has 0 aliphatic carbocycles. The molecule has 2 rings (SSSR count). The van der Waals surface area contributed by atoms with E-state index in [1.54, 1.807) is 6.07 Å². The highest BCUT2D eigenvalue weighted by Crippen LogP contribution is 2.10. The lowest BCUT2D eigenvalue weighted by molar-refractivity contribution is 0.0598. The topological polar surface area (TPSA) is 52.1 Å². The van der Waals surface area contributed by atoms with Crippen LogP contribution in [0.4, 0.5) is 0 Å². The summed E-state index contributed by atoms with van der Waals surface area (Å²) in [5.41, 5.74) is 2.37. The number of nitrogens with zero attached hydrogens (tertiary/aromatic N) is 2. The molecule has 0 aliphatic rings. The smallest absolute Gasteiger partial charge is 0.339 e. The molecule has 0 bridgehead atoms. The quantitative estimate of drug-likeness (QED) is 0.770. The van der Waals surface area contributed by atoms with Gasteiger partial charge in [-0.05, 0) is 24.5 Å². The van der Waals surface area contributed by atoms with Crippen LogP contribution in [-0.2, 0) is 17.6 Å². The Morgan fingerprint density at radius 1 is 1.17 bits per heavy atom. The Balaban J connectivity index is 2.12. The molecular weight excluding hydrogens is 228 g/mol. The first-order chi connectivity index (χ1) is 8.81. The highest BCUT2D eigenvalue weighted by molar-refractivity contribution is 5.90. The van der Waals surface area contributed by atoms with E-state index in [9.17, 15) is 4.79 Å². The van der Waals surface area contributed by atoms with Crippen LogP contribution < -0.4 is 0 Å². The standard InChI is InChI=1S/C14H14N2O2/c1-18-14(17)12-9-10-15-16-13(12)8-7-11-5-3-2-4-6-11/h2-6,9-10H,7-8H2,1H3. The van der Waals surface area contributed by atoms with Crippen LogP contribution >= 0.6 is 0 Å². The van der Waals surface area contributed by atoms with Crippen LogP contribution in [0.15, 0.2) is 42.6 Å². The van der Waals surface area contributed by atoms with Gasteiger partial charge >= 0.3 is 5.97 Å². The number of carbonyl (C=O) groups is 1. The van der Waals surface area contributed by atoms with E-state index in [1.807, 2.05) is 30.3 Å². The van der Waals surface area contributed by atoms with Crippen molar-refractivity contribution >= 4 is 5.97 Å². The van der Waals surface area contributed by atoms with Crippen LogP contribution in [0.25, 0.3) is 0 Å². The fourth-order valence-electron chi connectivity index (χ4n) is 1.75. The summed E-state index contributed by atoms with van der Waals surface area (Å²) in [5.74, 6) is -0.368. The third-order valence-electron chi connectivity index (χ3n) is 2.70. The normalized spacial score (nSPS) is 10.1. The van der Waals surface area contributed by atoms with E-state index in [0.29, 0.717) is 17.7 Å². The van der Waals surface area contributed by atoms with Gasteiger partial charge in [-0.3, -0.25) is 0 Å². The van der Waals surface area contributed by atoms with Crippen molar-refractivity contribution in [3.8, 4) is 0 Å². The van der Waals surface area contributed by atoms with Crippen LogP contribution in [-0.4, -0.2) is 23.3 Å². The number of rotatable bonds is 4. The van der Waals surface area contributed by atoms with E-state index in [0.717, 1.165) is 6.42 Å². The predicted octanol–water partition coefficient (Wildman–Crippen LogP) is 2.05. The van der Waals surface area contributed by atoms with E-state index < -0.39 is 0 Å². The minimum Gasteiger partial charge on any atom is -0.465 e. The Kier molecular flexibility index (Phi) is 4.02. The van der Waals surface area contributed by atoms with Crippen molar-refractivity contribution in [3.05, 3.63) is 59.4 Å². The third-order valence-corrected chi connectivity index (χ3v) is 2.70. The van der Waals surface area contributed by atoms with E-state index in [4.69, 9.17) is 4.74 Å². The number of ether oxygens (including phenoxy) is 1. The van der Waals surface area contributed by atoms with Gasteiger partial charge < -0.3 is 4.74 Å². The molecule has 0 spiro atoms. The van der Waals surface area contributed by atoms with Crippen molar-refractivity contribution in [2.75, 3.05) is 7.11 Å². The first-order valence-electron chi connectivity index (χ1n) is 5.74. The lowest BCUT2D eigenvalue weighted by Gasteiger charge is -2.05. The number of esters is 1. The number of hydrogen-bond donors (Lipinski definition) is 0. The molecule has 0 saturated heterocycles. The average Bonchev–Trinajstić information content (AvgIpc) is 2.45. The highest BCUT2D eigenvalue weighted by Gasteiger charge is 2.12. The zero-order valence-electron chi connectivity index (χ0n) is 10.2. The zero-order chi connectivity index (χ0) is 12.8. The molecule has 92 valence electrons. The van der Waals surface area contributed by atoms with Gasteiger partial charge in [0.05, 0.1) is 24.6 Å². The number of carbonyl (C=O) groups excluding carboxylic acids is 1. The molecule has 0 unspecified atom stereocenters. The fourth-order valence-corrected chi connectivity index (χ4v) is 1.75. The van der Waals surface area contributed by atoms with Gasteiger partial charge in [0.2, 0.25) is 0 Å². The lowest BCUT2D eigenvalue weighted by atomic mass is 10.1. The molecule has 1 aromatic carbocycles. The predicted molar refractivity (Wildman–Crippen MR) is 67.2 cm³/mol. The molecule has 1 aromatic heterocycles. The summed E-state index contributed by atoms with van der Waals surface area (Å²) in [7, 11) is 1.36. The molecule has 0 saturated carbocycles. The second kappa shape index (κ2) is 5.91. The number of hydrogen-bond acceptors (Lipinski definition) is 4. The Morgan fingerprint density at radius 2 is 1.94 bits per heavy atom. The van der Waals surface area contributed by atoms with Crippen molar-refractivity contribution in [2.45, 2.75) is 12.8 Å². The molecule has 0 N–H and O–H groups in total. The molecule has 0 fully saturated rings. The Bertz CT molecular complexity index is 526. The van der Waals surface area contributed by atoms with Crippen LogP contribution in [0, 0.1) is 0 Å². The van der Waals surface area contributed by atoms with Crippen LogP contribution in [0.1, 0.15) is 21.6 Å². The Labute approximate surface area is 106 Å². The summed E-state index contributed by atoms with van der Waals surface area (Å²) in [6.45, 7) is 0. The van der Waals surface area contributed by atoms with Gasteiger partial charge in [-0.2, -0.15) is 10.2 Å². The van der Waals surface area contributed by atoms with Crippen molar-refractivity contribution < 1.29 is 9.53 Å². The molecular formula is C14H14N2O2. The van der Waals surface area contributed by atoms with E-state index >= 15 is 0 Å². The SMILES string of the molecule is COC(=O)c1ccnnc1CCc1ccccc1. The lowest BCUT2D eigenvalue weighted by Crippen LogP contribution is -2.09. The minimum absolute atomic E-state index is 0.368. The molecule has 4 heteroatoms. The molecule has 4 nitrogen and oxygen atoms in total. The molecule has 0 atom stereocenters. The highest BCUT2D eigenvalue weighted by atomic mass is 16.5. The van der Waals surface area contributed by atoms with Gasteiger partial charge in [0.25, 0.3) is 0 Å². The number of aromatic nitrogens is 2. The van der Waals surface area contributed by atoms with Crippen molar-refractivity contribution in [3.63, 3.8) is 0 Å². The third kappa shape index (κ3) is 2.91. The van der Waals surface area contributed by atoms with Gasteiger partial charge in [0.1, 0.15) is 0 Å². The molecule has 18 heavy (non-hydrogen) atoms. The largest absolute Gasteiger partial charge is 0.465 e. The van der Waals surface area contributed by atoms with Crippen molar-refractivity contribution in [1.82, 2.24) is 10.2 Å². The van der Waals surface area contributed by atoms with Gasteiger partial charge in [0.15, 0.2) is 0 Å². The van der Waals surface area contributed by atoms with Crippen molar-refractivity contribution in [2.24, 2.45) is 0 Å². The van der Waals surface area contributed by atoms with E-state index in [1.165, 1.54) is 18.9 Å². The van der Waals surface area contributed by atoms with Crippen LogP contribution in [0.2, 0.25) is 0 Å². The maximum Gasteiger partial charge on any atom is 0.339 e. The maximum atomic E-state index is 11.6. The number of benzene rings is 1. The summed E-state index contributed by atoms with van der Waals surface area (Å²) in [6, 6.07) is 11.7. The Hall–Kier alpha value is -2.23. The van der Waals surface area contributed by atoms with Gasteiger partial charge in [0, 0.05) is 0 Å². The molecule has 0 aliphatic heterocycles. The van der Waals surface area contributed by atoms with Gasteiger partial charge in [-0.1, -0.05) is 30.3 Å². The summed E-state index contributed by atoms with van der Waals surface area (Å²) >= 11 is 0. The van der Waals surface area contributed by atoms with E-state index in [2.05, 4.69) is 10.2 Å². The molecule has 2 aromatic rings. The van der Waals surface area contributed by atoms with Gasteiger partial charge in [-0.15, -0.1) is 0 Å². The minimum atomic E-state index is -0.368. The monoisotopic (exact) mass is 242 g/mol. The molecule has 1 heterocycles. The summed E-state index contributed by atoms with van der Waals surface area (Å²) in [6.07, 6.45) is 2.99.